The highest BCUT2D eigenvalue weighted by atomic mass is 127. The number of hydrogen-bond acceptors (Lipinski definition) is 4. The molecule has 1 unspecified atom stereocenters. The van der Waals surface area contributed by atoms with Gasteiger partial charge in [0.2, 0.25) is 0 Å². The van der Waals surface area contributed by atoms with Crippen molar-refractivity contribution in [3.05, 3.63) is 35.1 Å². The van der Waals surface area contributed by atoms with Gasteiger partial charge in [-0.25, -0.2) is 9.11 Å². The van der Waals surface area contributed by atoms with E-state index in [-0.39, 0.29) is 10.3 Å². The number of benzene rings is 1. The zero-order valence-electron chi connectivity index (χ0n) is 13.3. The van der Waals surface area contributed by atoms with E-state index in [1.165, 1.54) is 26.9 Å². The summed E-state index contributed by atoms with van der Waals surface area (Å²) in [6, 6.07) is 6.20. The van der Waals surface area contributed by atoms with Gasteiger partial charge in [-0.3, -0.25) is 0 Å². The van der Waals surface area contributed by atoms with Gasteiger partial charge in [-0.15, -0.1) is 0 Å². The lowest BCUT2D eigenvalue weighted by Gasteiger charge is -2.21. The van der Waals surface area contributed by atoms with E-state index >= 15 is 0 Å². The summed E-state index contributed by atoms with van der Waals surface area (Å²) < 4.78 is 17.4. The standard InChI is InChI=1S/C14H14FIN2S2.C2H6/c1-14(2,3)20-18-12(7-8-19-16)11-6-4-5-10(9-17)13(11)15;1-2/h4-6,12,18H,1-3H3;1-2H3. The predicted molar refractivity (Wildman–Crippen MR) is 105 cm³/mol. The van der Waals surface area contributed by atoms with Gasteiger partial charge < -0.3 is 0 Å². The first-order valence-corrected chi connectivity index (χ1v) is 11.0. The fraction of sp³-hybridized carbons (Fsp3) is 0.438. The van der Waals surface area contributed by atoms with Crippen molar-refractivity contribution in [1.82, 2.24) is 4.72 Å². The molecule has 0 aliphatic heterocycles. The highest BCUT2D eigenvalue weighted by Crippen LogP contribution is 2.27. The summed E-state index contributed by atoms with van der Waals surface area (Å²) in [6.07, 6.45) is 0. The smallest absolute Gasteiger partial charge is 0.146 e. The molecule has 0 saturated carbocycles. The van der Waals surface area contributed by atoms with Crippen LogP contribution >= 0.6 is 42.1 Å². The van der Waals surface area contributed by atoms with Crippen LogP contribution in [0, 0.1) is 28.3 Å². The summed E-state index contributed by atoms with van der Waals surface area (Å²) in [5, 5.41) is 11.8. The monoisotopic (exact) mass is 450 g/mol. The Balaban J connectivity index is 0.00000211. The first-order valence-electron chi connectivity index (χ1n) is 6.79. The van der Waals surface area contributed by atoms with Gasteiger partial charge >= 0.3 is 0 Å². The maximum atomic E-state index is 14.2. The van der Waals surface area contributed by atoms with Crippen LogP contribution in [0.5, 0.6) is 0 Å². The number of nitrogens with zero attached hydrogens (tertiary/aromatic N) is 1. The molecular weight excluding hydrogens is 430 g/mol. The maximum Gasteiger partial charge on any atom is 0.146 e. The zero-order chi connectivity index (χ0) is 17.2. The molecule has 1 aromatic rings. The summed E-state index contributed by atoms with van der Waals surface area (Å²) in [5.74, 6) is 2.47. The summed E-state index contributed by atoms with van der Waals surface area (Å²) in [4.78, 5) is 0. The highest BCUT2D eigenvalue weighted by Gasteiger charge is 2.19. The van der Waals surface area contributed by atoms with E-state index in [0.717, 1.165) is 0 Å². The second-order valence-electron chi connectivity index (χ2n) is 4.91. The Labute approximate surface area is 153 Å². The molecule has 6 heteroatoms. The molecular formula is C16H20FIN2S2. The van der Waals surface area contributed by atoms with E-state index < -0.39 is 11.9 Å². The second-order valence-corrected chi connectivity index (χ2v) is 8.25. The maximum absolute atomic E-state index is 14.2. The number of halogens is 2. The van der Waals surface area contributed by atoms with Gasteiger partial charge in [0.25, 0.3) is 0 Å². The van der Waals surface area contributed by atoms with Crippen LogP contribution in [0.4, 0.5) is 4.39 Å². The van der Waals surface area contributed by atoms with Gasteiger partial charge in [0, 0.05) is 31.5 Å². The quantitative estimate of drug-likeness (QED) is 0.356. The molecule has 0 radical (unpaired) electrons. The fourth-order valence-corrected chi connectivity index (χ4v) is 2.55. The second kappa shape index (κ2) is 11.2. The molecule has 0 aliphatic carbocycles. The van der Waals surface area contributed by atoms with Gasteiger partial charge in [0.15, 0.2) is 0 Å². The summed E-state index contributed by atoms with van der Waals surface area (Å²) >= 11 is 3.57. The Hall–Kier alpha value is -0.410. The van der Waals surface area contributed by atoms with Gasteiger partial charge in [-0.1, -0.05) is 43.8 Å². The largest absolute Gasteiger partial charge is 0.245 e. The third-order valence-corrected chi connectivity index (χ3v) is 4.01. The molecule has 0 bridgehead atoms. The minimum absolute atomic E-state index is 0.0132. The molecule has 0 heterocycles. The summed E-state index contributed by atoms with van der Waals surface area (Å²) in [6.45, 7) is 10.2. The van der Waals surface area contributed by atoms with E-state index in [0.29, 0.717) is 5.56 Å². The molecule has 0 aromatic heterocycles. The van der Waals surface area contributed by atoms with Gasteiger partial charge in [-0.2, -0.15) is 5.26 Å². The Morgan fingerprint density at radius 3 is 2.45 bits per heavy atom. The van der Waals surface area contributed by atoms with E-state index in [1.54, 1.807) is 12.1 Å². The van der Waals surface area contributed by atoms with Crippen molar-refractivity contribution in [2.24, 2.45) is 0 Å². The Kier molecular flexibility index (Phi) is 11.0. The Morgan fingerprint density at radius 1 is 1.32 bits per heavy atom. The van der Waals surface area contributed by atoms with Crippen LogP contribution in [-0.2, 0) is 0 Å². The van der Waals surface area contributed by atoms with Gasteiger partial charge in [-0.05, 0) is 41.0 Å². The lowest BCUT2D eigenvalue weighted by atomic mass is 10.0. The van der Waals surface area contributed by atoms with Crippen molar-refractivity contribution in [1.29, 1.82) is 5.26 Å². The Morgan fingerprint density at radius 2 is 1.95 bits per heavy atom. The predicted octanol–water partition coefficient (Wildman–Crippen LogP) is 5.85. The van der Waals surface area contributed by atoms with Crippen molar-refractivity contribution in [3.8, 4) is 17.2 Å². The van der Waals surface area contributed by atoms with Crippen LogP contribution in [0.3, 0.4) is 0 Å². The molecule has 0 fully saturated rings. The molecule has 1 atom stereocenters. The fourth-order valence-electron chi connectivity index (χ4n) is 1.35. The van der Waals surface area contributed by atoms with E-state index in [1.807, 2.05) is 19.9 Å². The molecule has 1 rings (SSSR count). The lowest BCUT2D eigenvalue weighted by Crippen LogP contribution is -2.21. The Bertz CT molecular complexity index is 568. The first kappa shape index (κ1) is 21.6. The van der Waals surface area contributed by atoms with E-state index in [4.69, 9.17) is 5.26 Å². The molecule has 1 aromatic carbocycles. The lowest BCUT2D eigenvalue weighted by molar-refractivity contribution is 0.595. The van der Waals surface area contributed by atoms with Crippen molar-refractivity contribution in [2.45, 2.75) is 45.4 Å². The third kappa shape index (κ3) is 7.73. The van der Waals surface area contributed by atoms with Crippen LogP contribution in [0.15, 0.2) is 18.2 Å². The number of rotatable bonds is 3. The molecule has 2 nitrogen and oxygen atoms in total. The molecule has 0 spiro atoms. The van der Waals surface area contributed by atoms with Crippen LogP contribution in [0.1, 0.15) is 51.8 Å². The highest BCUT2D eigenvalue weighted by molar-refractivity contribution is 14.2. The first-order chi connectivity index (χ1) is 10.4. The molecule has 0 amide bonds. The van der Waals surface area contributed by atoms with Crippen LogP contribution in [0.2, 0.25) is 0 Å². The minimum Gasteiger partial charge on any atom is -0.245 e. The van der Waals surface area contributed by atoms with Crippen molar-refractivity contribution in [3.63, 3.8) is 0 Å². The number of nitriles is 1. The van der Waals surface area contributed by atoms with Crippen LogP contribution in [-0.4, -0.2) is 4.75 Å². The molecule has 22 heavy (non-hydrogen) atoms. The van der Waals surface area contributed by atoms with Gasteiger partial charge in [0.05, 0.1) is 5.56 Å². The minimum atomic E-state index is -0.505. The molecule has 120 valence electrons. The summed E-state index contributed by atoms with van der Waals surface area (Å²) in [7, 11) is 1.35. The molecule has 1 N–H and O–H groups in total. The van der Waals surface area contributed by atoms with Crippen LogP contribution in [0.25, 0.3) is 0 Å². The van der Waals surface area contributed by atoms with Gasteiger partial charge in [0.1, 0.15) is 17.9 Å². The van der Waals surface area contributed by atoms with Crippen molar-refractivity contribution < 1.29 is 4.39 Å². The number of hydrogen-bond donors (Lipinski definition) is 1. The number of nitrogens with one attached hydrogen (secondary N) is 1. The zero-order valence-corrected chi connectivity index (χ0v) is 17.1. The molecule has 0 saturated heterocycles. The average Bonchev–Trinajstić information content (AvgIpc) is 2.49. The SMILES string of the molecule is CC.CC(C)(C)SNC(C#CSI)c1cccc(C#N)c1F. The van der Waals surface area contributed by atoms with Crippen LogP contribution < -0.4 is 4.72 Å². The van der Waals surface area contributed by atoms with Crippen molar-refractivity contribution in [2.75, 3.05) is 0 Å². The van der Waals surface area contributed by atoms with E-state index in [2.05, 4.69) is 57.9 Å². The summed E-state index contributed by atoms with van der Waals surface area (Å²) in [5.41, 5.74) is 0.442. The normalized spacial score (nSPS) is 11.4. The third-order valence-electron chi connectivity index (χ3n) is 2.18. The van der Waals surface area contributed by atoms with Crippen molar-refractivity contribution >= 4 is 42.1 Å². The topological polar surface area (TPSA) is 35.8 Å². The average molecular weight is 450 g/mol. The molecule has 0 aliphatic rings. The van der Waals surface area contributed by atoms with E-state index in [9.17, 15) is 4.39 Å².